The molecule has 1 atom stereocenters. The molecule has 1 heterocycles. The van der Waals surface area contributed by atoms with E-state index in [1.54, 1.807) is 0 Å². The molecule has 0 aromatic heterocycles. The van der Waals surface area contributed by atoms with Crippen molar-refractivity contribution in [2.24, 2.45) is 10.8 Å². The zero-order chi connectivity index (χ0) is 9.41. The molecule has 2 nitrogen and oxygen atoms in total. The van der Waals surface area contributed by atoms with Crippen LogP contribution in [0.3, 0.4) is 0 Å². The molecule has 1 aliphatic heterocycles. The van der Waals surface area contributed by atoms with Crippen molar-refractivity contribution in [1.82, 2.24) is 10.6 Å². The van der Waals surface area contributed by atoms with Crippen LogP contribution < -0.4 is 10.6 Å². The zero-order valence-electron chi connectivity index (χ0n) is 8.99. The van der Waals surface area contributed by atoms with Gasteiger partial charge in [0.05, 0.1) is 0 Å². The molecular formula is C10H22N2. The van der Waals surface area contributed by atoms with Gasteiger partial charge in [0.2, 0.25) is 0 Å². The van der Waals surface area contributed by atoms with Gasteiger partial charge in [-0.1, -0.05) is 34.6 Å². The summed E-state index contributed by atoms with van der Waals surface area (Å²) in [6.07, 6.45) is 0. The average Bonchev–Trinajstić information content (AvgIpc) is 2.34. The van der Waals surface area contributed by atoms with Gasteiger partial charge in [0.25, 0.3) is 0 Å². The third-order valence-electron chi connectivity index (χ3n) is 3.63. The minimum atomic E-state index is 0.344. The lowest BCUT2D eigenvalue weighted by Crippen LogP contribution is -2.47. The van der Waals surface area contributed by atoms with Gasteiger partial charge in [0.15, 0.2) is 0 Å². The molecule has 1 fully saturated rings. The maximum atomic E-state index is 3.49. The third-order valence-corrected chi connectivity index (χ3v) is 3.63. The van der Waals surface area contributed by atoms with Crippen LogP contribution in [0.4, 0.5) is 0 Å². The highest BCUT2D eigenvalue weighted by atomic mass is 15.2. The van der Waals surface area contributed by atoms with Crippen molar-refractivity contribution in [1.29, 1.82) is 0 Å². The van der Waals surface area contributed by atoms with Gasteiger partial charge >= 0.3 is 0 Å². The molecule has 1 rings (SSSR count). The van der Waals surface area contributed by atoms with E-state index in [0.717, 1.165) is 13.2 Å². The Morgan fingerprint density at radius 3 is 2.00 bits per heavy atom. The Morgan fingerprint density at radius 1 is 1.08 bits per heavy atom. The minimum Gasteiger partial charge on any atom is -0.303 e. The number of nitrogens with one attached hydrogen (secondary N) is 2. The summed E-state index contributed by atoms with van der Waals surface area (Å²) >= 11 is 0. The van der Waals surface area contributed by atoms with Crippen molar-refractivity contribution in [2.45, 2.75) is 40.7 Å². The summed E-state index contributed by atoms with van der Waals surface area (Å²) in [7, 11) is 0. The van der Waals surface area contributed by atoms with E-state index in [1.807, 2.05) is 0 Å². The van der Waals surface area contributed by atoms with Crippen LogP contribution >= 0.6 is 0 Å². The van der Waals surface area contributed by atoms with E-state index in [9.17, 15) is 0 Å². The fourth-order valence-corrected chi connectivity index (χ4v) is 1.52. The predicted molar refractivity (Wildman–Crippen MR) is 53.0 cm³/mol. The van der Waals surface area contributed by atoms with Crippen molar-refractivity contribution in [2.75, 3.05) is 13.2 Å². The van der Waals surface area contributed by atoms with Gasteiger partial charge in [-0.05, 0) is 10.8 Å². The lowest BCUT2D eigenvalue weighted by atomic mass is 9.65. The molecule has 0 bridgehead atoms. The molecule has 0 aromatic rings. The van der Waals surface area contributed by atoms with Gasteiger partial charge in [-0.25, -0.2) is 0 Å². The van der Waals surface area contributed by atoms with Gasteiger partial charge in [0, 0.05) is 19.3 Å². The van der Waals surface area contributed by atoms with Crippen molar-refractivity contribution in [3.63, 3.8) is 0 Å². The molecular weight excluding hydrogens is 148 g/mol. The Morgan fingerprint density at radius 2 is 1.67 bits per heavy atom. The quantitative estimate of drug-likeness (QED) is 0.624. The van der Waals surface area contributed by atoms with E-state index in [1.165, 1.54) is 0 Å². The highest BCUT2D eigenvalue weighted by molar-refractivity contribution is 4.95. The largest absolute Gasteiger partial charge is 0.303 e. The third kappa shape index (κ3) is 1.64. The second kappa shape index (κ2) is 3.00. The van der Waals surface area contributed by atoms with Crippen LogP contribution in [0.2, 0.25) is 0 Å². The number of rotatable bonds is 1. The summed E-state index contributed by atoms with van der Waals surface area (Å²) in [6, 6.07) is 0.609. The Kier molecular flexibility index (Phi) is 2.50. The molecule has 0 amide bonds. The molecule has 2 heteroatoms. The summed E-state index contributed by atoms with van der Waals surface area (Å²) in [4.78, 5) is 0. The summed E-state index contributed by atoms with van der Waals surface area (Å²) in [5, 5.41) is 6.83. The number of hydrogen-bond acceptors (Lipinski definition) is 2. The summed E-state index contributed by atoms with van der Waals surface area (Å²) in [6.45, 7) is 13.7. The van der Waals surface area contributed by atoms with Crippen molar-refractivity contribution in [3.8, 4) is 0 Å². The smallest absolute Gasteiger partial charge is 0.0457 e. The standard InChI is InChI=1S/C10H22N2/c1-9(2,3)10(4,5)8-6-11-7-12-8/h8,11-12H,6-7H2,1-5H3. The van der Waals surface area contributed by atoms with Crippen molar-refractivity contribution in [3.05, 3.63) is 0 Å². The highest BCUT2D eigenvalue weighted by Gasteiger charge is 2.40. The molecule has 1 saturated heterocycles. The molecule has 0 spiro atoms. The number of hydrogen-bond donors (Lipinski definition) is 2. The summed E-state index contributed by atoms with van der Waals surface area (Å²) < 4.78 is 0. The molecule has 12 heavy (non-hydrogen) atoms. The zero-order valence-corrected chi connectivity index (χ0v) is 8.99. The molecule has 0 saturated carbocycles. The summed E-state index contributed by atoms with van der Waals surface area (Å²) in [5.41, 5.74) is 0.702. The maximum Gasteiger partial charge on any atom is 0.0457 e. The van der Waals surface area contributed by atoms with E-state index in [-0.39, 0.29) is 0 Å². The van der Waals surface area contributed by atoms with Crippen LogP contribution in [0.5, 0.6) is 0 Å². The van der Waals surface area contributed by atoms with Gasteiger partial charge in [0.1, 0.15) is 0 Å². The monoisotopic (exact) mass is 170 g/mol. The van der Waals surface area contributed by atoms with Crippen LogP contribution in [-0.4, -0.2) is 19.3 Å². The van der Waals surface area contributed by atoms with Gasteiger partial charge < -0.3 is 5.32 Å². The van der Waals surface area contributed by atoms with Crippen LogP contribution in [0.1, 0.15) is 34.6 Å². The first kappa shape index (κ1) is 10.0. The summed E-state index contributed by atoms with van der Waals surface area (Å²) in [5.74, 6) is 0. The Balaban J connectivity index is 2.69. The van der Waals surface area contributed by atoms with E-state index in [4.69, 9.17) is 0 Å². The second-order valence-electron chi connectivity index (χ2n) is 5.36. The van der Waals surface area contributed by atoms with Crippen LogP contribution in [-0.2, 0) is 0 Å². The Labute approximate surface area is 76.1 Å². The van der Waals surface area contributed by atoms with E-state index in [2.05, 4.69) is 45.3 Å². The Hall–Kier alpha value is -0.0800. The SMILES string of the molecule is CC(C)(C)C(C)(C)C1CNCN1. The fraction of sp³-hybridized carbons (Fsp3) is 1.00. The molecule has 72 valence electrons. The molecule has 0 radical (unpaired) electrons. The molecule has 0 aromatic carbocycles. The first-order valence-corrected chi connectivity index (χ1v) is 4.80. The van der Waals surface area contributed by atoms with E-state index in [0.29, 0.717) is 16.9 Å². The van der Waals surface area contributed by atoms with Gasteiger partial charge in [-0.3, -0.25) is 5.32 Å². The first-order chi connectivity index (χ1) is 5.36. The normalized spacial score (nSPS) is 26.2. The van der Waals surface area contributed by atoms with Crippen molar-refractivity contribution >= 4 is 0 Å². The van der Waals surface area contributed by atoms with Crippen molar-refractivity contribution < 1.29 is 0 Å². The lowest BCUT2D eigenvalue weighted by Gasteiger charge is -2.43. The lowest BCUT2D eigenvalue weighted by molar-refractivity contribution is 0.0922. The molecule has 1 unspecified atom stereocenters. The van der Waals surface area contributed by atoms with E-state index >= 15 is 0 Å². The fourth-order valence-electron chi connectivity index (χ4n) is 1.52. The molecule has 0 aliphatic carbocycles. The average molecular weight is 170 g/mol. The Bertz CT molecular complexity index is 150. The van der Waals surface area contributed by atoms with Gasteiger partial charge in [-0.2, -0.15) is 0 Å². The van der Waals surface area contributed by atoms with Crippen LogP contribution in [0, 0.1) is 10.8 Å². The molecule has 1 aliphatic rings. The molecule has 2 N–H and O–H groups in total. The minimum absolute atomic E-state index is 0.344. The van der Waals surface area contributed by atoms with Gasteiger partial charge in [-0.15, -0.1) is 0 Å². The van der Waals surface area contributed by atoms with E-state index < -0.39 is 0 Å². The first-order valence-electron chi connectivity index (χ1n) is 4.80. The highest BCUT2D eigenvalue weighted by Crippen LogP contribution is 2.40. The van der Waals surface area contributed by atoms with Crippen LogP contribution in [0.15, 0.2) is 0 Å². The predicted octanol–water partition coefficient (Wildman–Crippen LogP) is 1.58. The topological polar surface area (TPSA) is 24.1 Å². The van der Waals surface area contributed by atoms with Crippen LogP contribution in [0.25, 0.3) is 0 Å². The second-order valence-corrected chi connectivity index (χ2v) is 5.36. The maximum absolute atomic E-state index is 3.49.